The van der Waals surface area contributed by atoms with Gasteiger partial charge in [-0.25, -0.2) is 4.98 Å². The van der Waals surface area contributed by atoms with Crippen molar-refractivity contribution in [1.29, 1.82) is 0 Å². The molecule has 0 bridgehead atoms. The zero-order chi connectivity index (χ0) is 19.0. The molecule has 1 atom stereocenters. The maximum Gasteiger partial charge on any atom is 0.225 e. The van der Waals surface area contributed by atoms with Gasteiger partial charge in [0.05, 0.1) is 11.9 Å². The van der Waals surface area contributed by atoms with Gasteiger partial charge in [-0.3, -0.25) is 9.48 Å². The van der Waals surface area contributed by atoms with Crippen LogP contribution in [0.4, 0.5) is 5.69 Å². The number of fused-ring (bicyclic) bond motifs is 1. The van der Waals surface area contributed by atoms with Gasteiger partial charge >= 0.3 is 0 Å². The summed E-state index contributed by atoms with van der Waals surface area (Å²) >= 11 is 0. The Morgan fingerprint density at radius 1 is 1.30 bits per heavy atom. The van der Waals surface area contributed by atoms with E-state index in [0.29, 0.717) is 0 Å². The Morgan fingerprint density at radius 3 is 2.74 bits per heavy atom. The number of pyridine rings is 1. The van der Waals surface area contributed by atoms with Gasteiger partial charge in [-0.15, -0.1) is 0 Å². The Morgan fingerprint density at radius 2 is 2.07 bits per heavy atom. The number of nitrogens with one attached hydrogen (secondary N) is 1. The van der Waals surface area contributed by atoms with Gasteiger partial charge in [-0.2, -0.15) is 5.10 Å². The van der Waals surface area contributed by atoms with Crippen LogP contribution in [0.3, 0.4) is 0 Å². The molecule has 7 nitrogen and oxygen atoms in total. The van der Waals surface area contributed by atoms with Crippen LogP contribution in [0.15, 0.2) is 30.7 Å². The molecule has 0 aromatic carbocycles. The summed E-state index contributed by atoms with van der Waals surface area (Å²) in [5.74, 6) is 0.383. The Hall–Kier alpha value is -2.83. The topological polar surface area (TPSA) is 70.1 Å². The molecule has 1 amide bonds. The summed E-state index contributed by atoms with van der Waals surface area (Å²) in [6.07, 6.45) is 6.58. The maximum atomic E-state index is 12.4. The van der Waals surface area contributed by atoms with Crippen molar-refractivity contribution < 1.29 is 4.79 Å². The van der Waals surface area contributed by atoms with Gasteiger partial charge in [0, 0.05) is 68.2 Å². The van der Waals surface area contributed by atoms with Crippen molar-refractivity contribution in [2.24, 2.45) is 13.0 Å². The third-order valence-electron chi connectivity index (χ3n) is 5.49. The van der Waals surface area contributed by atoms with Gasteiger partial charge in [0.1, 0.15) is 5.65 Å². The van der Waals surface area contributed by atoms with E-state index in [2.05, 4.69) is 39.0 Å². The van der Waals surface area contributed by atoms with Crippen molar-refractivity contribution in [3.05, 3.63) is 30.7 Å². The number of amides is 1. The van der Waals surface area contributed by atoms with Gasteiger partial charge < -0.3 is 14.8 Å². The molecule has 27 heavy (non-hydrogen) atoms. The third-order valence-corrected chi connectivity index (χ3v) is 5.49. The third kappa shape index (κ3) is 3.29. The zero-order valence-corrected chi connectivity index (χ0v) is 16.1. The van der Waals surface area contributed by atoms with E-state index in [1.165, 1.54) is 5.69 Å². The van der Waals surface area contributed by atoms with Gasteiger partial charge in [0.2, 0.25) is 5.91 Å². The van der Waals surface area contributed by atoms with Crippen LogP contribution in [0, 0.1) is 5.92 Å². The van der Waals surface area contributed by atoms with Crippen molar-refractivity contribution in [2.45, 2.75) is 20.3 Å². The Kier molecular flexibility index (Phi) is 4.59. The average molecular weight is 366 g/mol. The smallest absolute Gasteiger partial charge is 0.225 e. The molecule has 4 rings (SSSR count). The first-order valence-electron chi connectivity index (χ1n) is 9.57. The number of carbonyl (C=O) groups is 1. The summed E-state index contributed by atoms with van der Waals surface area (Å²) < 4.78 is 1.79. The van der Waals surface area contributed by atoms with Crippen molar-refractivity contribution in [3.63, 3.8) is 0 Å². The molecule has 0 radical (unpaired) electrons. The average Bonchev–Trinajstić information content (AvgIpc) is 3.32. The molecule has 3 aromatic rings. The molecule has 142 valence electrons. The Labute approximate surface area is 159 Å². The van der Waals surface area contributed by atoms with Gasteiger partial charge in [-0.1, -0.05) is 13.8 Å². The fraction of sp³-hybridized carbons (Fsp3) is 0.450. The van der Waals surface area contributed by atoms with E-state index in [4.69, 9.17) is 0 Å². The minimum absolute atomic E-state index is 0.107. The second kappa shape index (κ2) is 7.06. The van der Waals surface area contributed by atoms with Crippen molar-refractivity contribution in [2.75, 3.05) is 31.1 Å². The molecule has 0 saturated carbocycles. The largest absolute Gasteiger partial charge is 0.367 e. The number of hydrogen-bond donors (Lipinski definition) is 1. The molecule has 0 aliphatic carbocycles. The lowest BCUT2D eigenvalue weighted by Gasteiger charge is -2.37. The van der Waals surface area contributed by atoms with Crippen molar-refractivity contribution in [1.82, 2.24) is 24.6 Å². The van der Waals surface area contributed by atoms with E-state index >= 15 is 0 Å². The fourth-order valence-electron chi connectivity index (χ4n) is 3.66. The van der Waals surface area contributed by atoms with Crippen LogP contribution >= 0.6 is 0 Å². The number of aryl methyl sites for hydroxylation is 1. The standard InChI is InChI=1S/C20H26N6O/c1-4-14(2)20(27)26-9-7-25(8-10-26)18-5-6-21-19-16(18)11-17(23-19)15-12-22-24(3)13-15/h5-6,11-14H,4,7-10H2,1-3H3,(H,21,23). The van der Waals surface area contributed by atoms with Crippen molar-refractivity contribution >= 4 is 22.6 Å². The van der Waals surface area contributed by atoms with E-state index in [-0.39, 0.29) is 11.8 Å². The Bertz CT molecular complexity index is 950. The molecule has 7 heteroatoms. The normalized spacial score (nSPS) is 16.1. The van der Waals surface area contributed by atoms with E-state index in [9.17, 15) is 4.79 Å². The van der Waals surface area contributed by atoms with E-state index in [1.807, 2.05) is 37.5 Å². The molecule has 1 unspecified atom stereocenters. The van der Waals surface area contributed by atoms with Crippen LogP contribution in [0.25, 0.3) is 22.3 Å². The van der Waals surface area contributed by atoms with Crippen LogP contribution < -0.4 is 4.90 Å². The number of H-pyrrole nitrogens is 1. The van der Waals surface area contributed by atoms with Gasteiger partial charge in [-0.05, 0) is 18.6 Å². The first kappa shape index (κ1) is 17.6. The van der Waals surface area contributed by atoms with E-state index in [1.54, 1.807) is 4.68 Å². The van der Waals surface area contributed by atoms with Crippen LogP contribution in [-0.2, 0) is 11.8 Å². The Balaban J connectivity index is 1.56. The first-order chi connectivity index (χ1) is 13.1. The number of aromatic amines is 1. The predicted molar refractivity (Wildman–Crippen MR) is 107 cm³/mol. The summed E-state index contributed by atoms with van der Waals surface area (Å²) in [7, 11) is 1.91. The number of piperazine rings is 1. The molecule has 1 fully saturated rings. The van der Waals surface area contributed by atoms with E-state index < -0.39 is 0 Å². The van der Waals surface area contributed by atoms with Gasteiger partial charge in [0.25, 0.3) is 0 Å². The lowest BCUT2D eigenvalue weighted by Crippen LogP contribution is -2.50. The maximum absolute atomic E-state index is 12.4. The number of aromatic nitrogens is 4. The summed E-state index contributed by atoms with van der Waals surface area (Å²) in [5, 5.41) is 5.36. The number of carbonyl (C=O) groups excluding carboxylic acids is 1. The van der Waals surface area contributed by atoms with Crippen LogP contribution in [-0.4, -0.2) is 56.7 Å². The van der Waals surface area contributed by atoms with Crippen LogP contribution in [0.1, 0.15) is 20.3 Å². The second-order valence-corrected chi connectivity index (χ2v) is 7.30. The molecule has 0 spiro atoms. The zero-order valence-electron chi connectivity index (χ0n) is 16.1. The second-order valence-electron chi connectivity index (χ2n) is 7.30. The minimum Gasteiger partial charge on any atom is -0.367 e. The van der Waals surface area contributed by atoms with Gasteiger partial charge in [0.15, 0.2) is 0 Å². The molecule has 1 N–H and O–H groups in total. The highest BCUT2D eigenvalue weighted by Gasteiger charge is 2.25. The number of hydrogen-bond acceptors (Lipinski definition) is 4. The molecule has 4 heterocycles. The summed E-state index contributed by atoms with van der Waals surface area (Å²) in [6.45, 7) is 7.31. The lowest BCUT2D eigenvalue weighted by atomic mass is 10.1. The summed E-state index contributed by atoms with van der Waals surface area (Å²) in [5.41, 5.74) is 4.11. The summed E-state index contributed by atoms with van der Waals surface area (Å²) in [6, 6.07) is 4.21. The molecule has 1 aliphatic heterocycles. The van der Waals surface area contributed by atoms with Crippen LogP contribution in [0.5, 0.6) is 0 Å². The summed E-state index contributed by atoms with van der Waals surface area (Å²) in [4.78, 5) is 24.7. The molecule has 1 saturated heterocycles. The monoisotopic (exact) mass is 366 g/mol. The molecule has 3 aromatic heterocycles. The molecular weight excluding hydrogens is 340 g/mol. The minimum atomic E-state index is 0.107. The quantitative estimate of drug-likeness (QED) is 0.771. The predicted octanol–water partition coefficient (Wildman–Crippen LogP) is 2.66. The molecule has 1 aliphatic rings. The number of nitrogens with zero attached hydrogens (tertiary/aromatic N) is 5. The lowest BCUT2D eigenvalue weighted by molar-refractivity contribution is -0.135. The SMILES string of the molecule is CCC(C)C(=O)N1CCN(c2ccnc3[nH]c(-c4cnn(C)c4)cc23)CC1. The highest BCUT2D eigenvalue weighted by Crippen LogP contribution is 2.30. The fourth-order valence-corrected chi connectivity index (χ4v) is 3.66. The number of rotatable bonds is 4. The van der Waals surface area contributed by atoms with E-state index in [0.717, 1.165) is 54.9 Å². The highest BCUT2D eigenvalue weighted by molar-refractivity contribution is 5.93. The van der Waals surface area contributed by atoms with Crippen LogP contribution in [0.2, 0.25) is 0 Å². The number of anilines is 1. The highest BCUT2D eigenvalue weighted by atomic mass is 16.2. The van der Waals surface area contributed by atoms with Crippen molar-refractivity contribution in [3.8, 4) is 11.3 Å². The molecular formula is C20H26N6O. The first-order valence-corrected chi connectivity index (χ1v) is 9.57.